The molecule has 0 aliphatic rings. The number of benzene rings is 2. The fourth-order valence-corrected chi connectivity index (χ4v) is 2.52. The molecular formula is C16H17N3. The number of aromatic nitrogens is 1. The minimum absolute atomic E-state index is 1.16. The molecule has 3 nitrogen and oxygen atoms in total. The van der Waals surface area contributed by atoms with Gasteiger partial charge in [-0.05, 0) is 12.1 Å². The Morgan fingerprint density at radius 3 is 2.53 bits per heavy atom. The summed E-state index contributed by atoms with van der Waals surface area (Å²) in [5.41, 5.74) is 3.65. The van der Waals surface area contributed by atoms with E-state index in [2.05, 4.69) is 59.2 Å². The molecule has 1 heterocycles. The first kappa shape index (κ1) is 11.8. The molecule has 0 bridgehead atoms. The van der Waals surface area contributed by atoms with Crippen LogP contribution >= 0.6 is 0 Å². The van der Waals surface area contributed by atoms with Gasteiger partial charge in [0.15, 0.2) is 0 Å². The van der Waals surface area contributed by atoms with Crippen LogP contribution in [0, 0.1) is 0 Å². The first-order valence-corrected chi connectivity index (χ1v) is 6.36. The van der Waals surface area contributed by atoms with Gasteiger partial charge in [-0.3, -0.25) is 0 Å². The molecule has 3 aromatic rings. The summed E-state index contributed by atoms with van der Waals surface area (Å²) in [6.45, 7) is 0. The summed E-state index contributed by atoms with van der Waals surface area (Å²) in [5, 5.41) is 8.72. The van der Waals surface area contributed by atoms with Crippen LogP contribution in [0.15, 0.2) is 47.6 Å². The number of rotatable bonds is 2. The van der Waals surface area contributed by atoms with E-state index in [1.165, 1.54) is 21.8 Å². The Bertz CT molecular complexity index is 766. The van der Waals surface area contributed by atoms with Crippen LogP contribution < -0.4 is 0 Å². The molecule has 0 amide bonds. The van der Waals surface area contributed by atoms with Crippen molar-refractivity contribution in [2.24, 2.45) is 12.1 Å². The van der Waals surface area contributed by atoms with E-state index in [9.17, 15) is 0 Å². The number of aryl methyl sites for hydroxylation is 1. The van der Waals surface area contributed by atoms with Crippen LogP contribution in [0.1, 0.15) is 5.56 Å². The molecule has 3 heteroatoms. The SMILES string of the molecule is CN(C)N=Cc1cccc2c1c1ccccc1n2C. The van der Waals surface area contributed by atoms with E-state index < -0.39 is 0 Å². The van der Waals surface area contributed by atoms with Crippen molar-refractivity contribution in [2.75, 3.05) is 14.1 Å². The van der Waals surface area contributed by atoms with Crippen molar-refractivity contribution in [1.82, 2.24) is 9.58 Å². The number of hydrogen-bond acceptors (Lipinski definition) is 2. The van der Waals surface area contributed by atoms with Crippen molar-refractivity contribution in [3.05, 3.63) is 48.0 Å². The third-order valence-corrected chi connectivity index (χ3v) is 3.40. The lowest BCUT2D eigenvalue weighted by Crippen LogP contribution is -2.02. The van der Waals surface area contributed by atoms with E-state index in [-0.39, 0.29) is 0 Å². The number of fused-ring (bicyclic) bond motifs is 3. The van der Waals surface area contributed by atoms with E-state index in [1.807, 2.05) is 25.3 Å². The van der Waals surface area contributed by atoms with Crippen molar-refractivity contribution in [1.29, 1.82) is 0 Å². The van der Waals surface area contributed by atoms with Gasteiger partial charge in [-0.1, -0.05) is 30.3 Å². The lowest BCUT2D eigenvalue weighted by Gasteiger charge is -2.03. The molecule has 3 rings (SSSR count). The van der Waals surface area contributed by atoms with Crippen molar-refractivity contribution in [2.45, 2.75) is 0 Å². The molecule has 0 N–H and O–H groups in total. The van der Waals surface area contributed by atoms with Crippen molar-refractivity contribution in [3.8, 4) is 0 Å². The van der Waals surface area contributed by atoms with E-state index in [0.29, 0.717) is 0 Å². The van der Waals surface area contributed by atoms with Gasteiger partial charge in [0.25, 0.3) is 0 Å². The van der Waals surface area contributed by atoms with Gasteiger partial charge in [-0.2, -0.15) is 5.10 Å². The molecule has 1 aromatic heterocycles. The summed E-state index contributed by atoms with van der Waals surface area (Å²) in [6, 6.07) is 14.8. The number of hydrogen-bond donors (Lipinski definition) is 0. The zero-order valence-corrected chi connectivity index (χ0v) is 11.5. The highest BCUT2D eigenvalue weighted by atomic mass is 15.4. The molecule has 96 valence electrons. The Hall–Kier alpha value is -2.29. The summed E-state index contributed by atoms with van der Waals surface area (Å²) < 4.78 is 2.23. The summed E-state index contributed by atoms with van der Waals surface area (Å²) in [6.07, 6.45) is 1.93. The molecule has 0 aliphatic heterocycles. The Morgan fingerprint density at radius 2 is 1.74 bits per heavy atom. The fourth-order valence-electron chi connectivity index (χ4n) is 2.52. The molecule has 0 unspecified atom stereocenters. The average molecular weight is 251 g/mol. The van der Waals surface area contributed by atoms with E-state index in [4.69, 9.17) is 0 Å². The monoisotopic (exact) mass is 251 g/mol. The second-order valence-electron chi connectivity index (χ2n) is 4.91. The fraction of sp³-hybridized carbons (Fsp3) is 0.188. The highest BCUT2D eigenvalue weighted by Crippen LogP contribution is 2.29. The van der Waals surface area contributed by atoms with Crippen LogP contribution in [0.25, 0.3) is 21.8 Å². The zero-order valence-electron chi connectivity index (χ0n) is 11.5. The van der Waals surface area contributed by atoms with E-state index in [1.54, 1.807) is 0 Å². The van der Waals surface area contributed by atoms with Gasteiger partial charge < -0.3 is 9.58 Å². The molecule has 0 atom stereocenters. The van der Waals surface area contributed by atoms with Crippen LogP contribution in [0.3, 0.4) is 0 Å². The second kappa shape index (κ2) is 4.43. The first-order chi connectivity index (χ1) is 9.18. The topological polar surface area (TPSA) is 20.5 Å². The third kappa shape index (κ3) is 1.87. The van der Waals surface area contributed by atoms with Gasteiger partial charge in [0.05, 0.1) is 6.21 Å². The van der Waals surface area contributed by atoms with Crippen molar-refractivity contribution in [3.63, 3.8) is 0 Å². The summed E-state index contributed by atoms with van der Waals surface area (Å²) in [7, 11) is 5.97. The van der Waals surface area contributed by atoms with Gasteiger partial charge >= 0.3 is 0 Å². The lowest BCUT2D eigenvalue weighted by molar-refractivity contribution is 0.440. The van der Waals surface area contributed by atoms with Crippen LogP contribution in [-0.2, 0) is 7.05 Å². The quantitative estimate of drug-likeness (QED) is 0.506. The molecule has 19 heavy (non-hydrogen) atoms. The molecular weight excluding hydrogens is 234 g/mol. The molecule has 2 aromatic carbocycles. The normalized spacial score (nSPS) is 11.7. The lowest BCUT2D eigenvalue weighted by atomic mass is 10.1. The molecule has 0 saturated carbocycles. The predicted octanol–water partition coefficient (Wildman–Crippen LogP) is 3.23. The third-order valence-electron chi connectivity index (χ3n) is 3.40. The Labute approximate surface area is 112 Å². The maximum atomic E-state index is 4.36. The summed E-state index contributed by atoms with van der Waals surface area (Å²) in [4.78, 5) is 0. The van der Waals surface area contributed by atoms with E-state index >= 15 is 0 Å². The van der Waals surface area contributed by atoms with Gasteiger partial charge in [-0.15, -0.1) is 0 Å². The Balaban J connectivity index is 2.38. The number of nitrogens with zero attached hydrogens (tertiary/aromatic N) is 3. The molecule has 0 saturated heterocycles. The minimum atomic E-state index is 1.16. The number of hydrazone groups is 1. The smallest absolute Gasteiger partial charge is 0.0549 e. The summed E-state index contributed by atoms with van der Waals surface area (Å²) in [5.74, 6) is 0. The largest absolute Gasteiger partial charge is 0.344 e. The maximum Gasteiger partial charge on any atom is 0.0549 e. The van der Waals surface area contributed by atoms with Crippen LogP contribution in [0.2, 0.25) is 0 Å². The Morgan fingerprint density at radius 1 is 1.00 bits per heavy atom. The zero-order chi connectivity index (χ0) is 13.4. The first-order valence-electron chi connectivity index (χ1n) is 6.36. The van der Waals surface area contributed by atoms with Gasteiger partial charge in [0.2, 0.25) is 0 Å². The van der Waals surface area contributed by atoms with Crippen LogP contribution in [0.5, 0.6) is 0 Å². The molecule has 0 aliphatic carbocycles. The second-order valence-corrected chi connectivity index (χ2v) is 4.91. The highest BCUT2D eigenvalue weighted by molar-refractivity contribution is 6.15. The maximum absolute atomic E-state index is 4.36. The van der Waals surface area contributed by atoms with Crippen molar-refractivity contribution < 1.29 is 0 Å². The van der Waals surface area contributed by atoms with Crippen LogP contribution in [-0.4, -0.2) is 29.9 Å². The molecule has 0 radical (unpaired) electrons. The number of para-hydroxylation sites is 1. The Kier molecular flexibility index (Phi) is 2.75. The predicted molar refractivity (Wildman–Crippen MR) is 81.7 cm³/mol. The van der Waals surface area contributed by atoms with Gasteiger partial charge in [0, 0.05) is 48.5 Å². The van der Waals surface area contributed by atoms with E-state index in [0.717, 1.165) is 5.56 Å². The van der Waals surface area contributed by atoms with Crippen molar-refractivity contribution >= 4 is 28.0 Å². The highest BCUT2D eigenvalue weighted by Gasteiger charge is 2.09. The van der Waals surface area contributed by atoms with Crippen LogP contribution in [0.4, 0.5) is 0 Å². The minimum Gasteiger partial charge on any atom is -0.344 e. The summed E-state index contributed by atoms with van der Waals surface area (Å²) >= 11 is 0. The van der Waals surface area contributed by atoms with Gasteiger partial charge in [0.1, 0.15) is 0 Å². The molecule has 0 fully saturated rings. The standard InChI is InChI=1S/C16H17N3/c1-18(2)17-11-12-7-6-10-15-16(12)13-8-4-5-9-14(13)19(15)3/h4-11H,1-3H3. The molecule has 0 spiro atoms. The average Bonchev–Trinajstić information content (AvgIpc) is 2.71. The van der Waals surface area contributed by atoms with Gasteiger partial charge in [-0.25, -0.2) is 0 Å².